The highest BCUT2D eigenvalue weighted by Gasteiger charge is 1.95. The highest BCUT2D eigenvalue weighted by atomic mass is 16.1. The van der Waals surface area contributed by atoms with Gasteiger partial charge in [0.2, 0.25) is 0 Å². The molecule has 1 N–H and O–H groups in total. The van der Waals surface area contributed by atoms with Crippen LogP contribution < -0.4 is 5.32 Å². The molecule has 0 aromatic heterocycles. The molecule has 0 fully saturated rings. The van der Waals surface area contributed by atoms with Crippen LogP contribution in [-0.2, 0) is 0 Å². The minimum Gasteiger partial charge on any atom is -0.388 e. The van der Waals surface area contributed by atoms with Crippen LogP contribution >= 0.6 is 0 Å². The van der Waals surface area contributed by atoms with Crippen molar-refractivity contribution < 1.29 is 4.79 Å². The van der Waals surface area contributed by atoms with Crippen LogP contribution in [0.2, 0.25) is 0 Å². The quantitative estimate of drug-likeness (QED) is 0.650. The van der Waals surface area contributed by atoms with E-state index >= 15 is 0 Å². The number of hydrogen-bond acceptors (Lipinski definition) is 2. The molecule has 1 rings (SSSR count). The molecule has 0 heterocycles. The van der Waals surface area contributed by atoms with Gasteiger partial charge in [-0.1, -0.05) is 0 Å². The first-order valence-corrected chi connectivity index (χ1v) is 3.51. The third kappa shape index (κ3) is 1.58. The van der Waals surface area contributed by atoms with Gasteiger partial charge in [-0.15, -0.1) is 0 Å². The lowest BCUT2D eigenvalue weighted by atomic mass is 10.1. The molecule has 0 radical (unpaired) electrons. The molecule has 0 unspecified atom stereocenters. The molecule has 0 amide bonds. The molecule has 0 aliphatic heterocycles. The van der Waals surface area contributed by atoms with E-state index in [0.29, 0.717) is 0 Å². The van der Waals surface area contributed by atoms with Crippen molar-refractivity contribution in [2.75, 3.05) is 12.4 Å². The minimum absolute atomic E-state index is 0.754. The van der Waals surface area contributed by atoms with Crippen molar-refractivity contribution in [3.8, 4) is 0 Å². The van der Waals surface area contributed by atoms with Crippen molar-refractivity contribution in [2.45, 2.75) is 6.92 Å². The summed E-state index contributed by atoms with van der Waals surface area (Å²) in [5.41, 5.74) is 2.80. The molecule has 0 aliphatic rings. The number of rotatable bonds is 2. The molecule has 0 bridgehead atoms. The Morgan fingerprint density at radius 2 is 2.18 bits per heavy atom. The van der Waals surface area contributed by atoms with Gasteiger partial charge >= 0.3 is 0 Å². The lowest BCUT2D eigenvalue weighted by Gasteiger charge is -2.02. The van der Waals surface area contributed by atoms with Crippen LogP contribution in [0.5, 0.6) is 0 Å². The molecule has 0 spiro atoms. The first kappa shape index (κ1) is 7.79. The fraction of sp³-hybridized carbons (Fsp3) is 0.222. The van der Waals surface area contributed by atoms with Crippen molar-refractivity contribution in [3.05, 3.63) is 29.3 Å². The van der Waals surface area contributed by atoms with E-state index in [1.807, 2.05) is 32.2 Å². The van der Waals surface area contributed by atoms with Gasteiger partial charge in [0, 0.05) is 18.3 Å². The monoisotopic (exact) mass is 149 g/mol. The van der Waals surface area contributed by atoms with Crippen molar-refractivity contribution in [2.24, 2.45) is 0 Å². The van der Waals surface area contributed by atoms with Crippen LogP contribution in [0.1, 0.15) is 15.9 Å². The van der Waals surface area contributed by atoms with Gasteiger partial charge in [-0.05, 0) is 30.7 Å². The average molecular weight is 149 g/mol. The van der Waals surface area contributed by atoms with Crippen LogP contribution in [0, 0.1) is 6.92 Å². The zero-order valence-corrected chi connectivity index (χ0v) is 6.72. The number of benzene rings is 1. The maximum atomic E-state index is 10.4. The van der Waals surface area contributed by atoms with Crippen molar-refractivity contribution >= 4 is 12.0 Å². The van der Waals surface area contributed by atoms with Crippen LogP contribution in [-0.4, -0.2) is 13.3 Å². The van der Waals surface area contributed by atoms with Crippen molar-refractivity contribution in [3.63, 3.8) is 0 Å². The van der Waals surface area contributed by atoms with Gasteiger partial charge in [-0.2, -0.15) is 0 Å². The summed E-state index contributed by atoms with van der Waals surface area (Å²) >= 11 is 0. The molecule has 2 nitrogen and oxygen atoms in total. The van der Waals surface area contributed by atoms with E-state index in [4.69, 9.17) is 0 Å². The second kappa shape index (κ2) is 3.19. The van der Waals surface area contributed by atoms with E-state index in [2.05, 4.69) is 5.32 Å². The van der Waals surface area contributed by atoms with E-state index < -0.39 is 0 Å². The highest BCUT2D eigenvalue weighted by Crippen LogP contribution is 2.12. The number of carbonyl (C=O) groups excluding carboxylic acids is 1. The Kier molecular flexibility index (Phi) is 2.26. The topological polar surface area (TPSA) is 29.1 Å². The van der Waals surface area contributed by atoms with Gasteiger partial charge in [0.1, 0.15) is 6.29 Å². The molecule has 1 aromatic rings. The van der Waals surface area contributed by atoms with Crippen LogP contribution in [0.4, 0.5) is 5.69 Å². The Morgan fingerprint density at radius 3 is 2.64 bits per heavy atom. The summed E-state index contributed by atoms with van der Waals surface area (Å²) in [4.78, 5) is 10.4. The highest BCUT2D eigenvalue weighted by molar-refractivity contribution is 5.78. The molecule has 1 aromatic carbocycles. The van der Waals surface area contributed by atoms with E-state index in [-0.39, 0.29) is 0 Å². The largest absolute Gasteiger partial charge is 0.388 e. The SMILES string of the molecule is CNc1ccc(C=O)c(C)c1. The summed E-state index contributed by atoms with van der Waals surface area (Å²) in [6.07, 6.45) is 0.870. The second-order valence-corrected chi connectivity index (χ2v) is 2.44. The lowest BCUT2D eigenvalue weighted by molar-refractivity contribution is 0.112. The maximum Gasteiger partial charge on any atom is 0.150 e. The fourth-order valence-electron chi connectivity index (χ4n) is 0.963. The summed E-state index contributed by atoms with van der Waals surface area (Å²) in [6, 6.07) is 5.65. The molecule has 11 heavy (non-hydrogen) atoms. The summed E-state index contributed by atoms with van der Waals surface area (Å²) in [7, 11) is 1.86. The van der Waals surface area contributed by atoms with Gasteiger partial charge in [-0.25, -0.2) is 0 Å². The Labute approximate surface area is 66.2 Å². The lowest BCUT2D eigenvalue weighted by Crippen LogP contribution is -1.91. The average Bonchev–Trinajstić information content (AvgIpc) is 2.04. The number of anilines is 1. The van der Waals surface area contributed by atoms with Gasteiger partial charge in [-0.3, -0.25) is 4.79 Å². The van der Waals surface area contributed by atoms with Gasteiger partial charge < -0.3 is 5.32 Å². The number of hydrogen-bond donors (Lipinski definition) is 1. The molecular weight excluding hydrogens is 138 g/mol. The molecular formula is C9H11NO. The number of aryl methyl sites for hydroxylation is 1. The molecule has 0 saturated heterocycles. The van der Waals surface area contributed by atoms with Gasteiger partial charge in [0.25, 0.3) is 0 Å². The summed E-state index contributed by atoms with van der Waals surface area (Å²) in [6.45, 7) is 1.92. The Bertz CT molecular complexity index is 268. The number of aldehydes is 1. The standard InChI is InChI=1S/C9H11NO/c1-7-5-9(10-2)4-3-8(7)6-11/h3-6,10H,1-2H3. The van der Waals surface area contributed by atoms with Gasteiger partial charge in [0.15, 0.2) is 0 Å². The van der Waals surface area contributed by atoms with E-state index in [9.17, 15) is 4.79 Å². The molecule has 0 aliphatic carbocycles. The molecule has 0 atom stereocenters. The zero-order valence-electron chi connectivity index (χ0n) is 6.72. The summed E-state index contributed by atoms with van der Waals surface area (Å²) in [5, 5.41) is 3.00. The van der Waals surface area contributed by atoms with E-state index in [1.165, 1.54) is 0 Å². The fourth-order valence-corrected chi connectivity index (χ4v) is 0.963. The Hall–Kier alpha value is -1.31. The van der Waals surface area contributed by atoms with Crippen LogP contribution in [0.25, 0.3) is 0 Å². The number of carbonyl (C=O) groups is 1. The normalized spacial score (nSPS) is 9.27. The molecule has 0 saturated carbocycles. The van der Waals surface area contributed by atoms with Crippen molar-refractivity contribution in [1.29, 1.82) is 0 Å². The minimum atomic E-state index is 0.754. The Balaban J connectivity index is 3.09. The van der Waals surface area contributed by atoms with Crippen molar-refractivity contribution in [1.82, 2.24) is 0 Å². The third-order valence-corrected chi connectivity index (χ3v) is 1.69. The smallest absolute Gasteiger partial charge is 0.150 e. The molecule has 58 valence electrons. The summed E-state index contributed by atoms with van der Waals surface area (Å²) < 4.78 is 0. The maximum absolute atomic E-state index is 10.4. The third-order valence-electron chi connectivity index (χ3n) is 1.69. The van der Waals surface area contributed by atoms with Gasteiger partial charge in [0.05, 0.1) is 0 Å². The van der Waals surface area contributed by atoms with E-state index in [1.54, 1.807) is 0 Å². The Morgan fingerprint density at radius 1 is 1.45 bits per heavy atom. The first-order chi connectivity index (χ1) is 5.27. The number of nitrogens with one attached hydrogen (secondary N) is 1. The van der Waals surface area contributed by atoms with E-state index in [0.717, 1.165) is 23.1 Å². The first-order valence-electron chi connectivity index (χ1n) is 3.51. The zero-order chi connectivity index (χ0) is 8.27. The predicted octanol–water partition coefficient (Wildman–Crippen LogP) is 1.85. The van der Waals surface area contributed by atoms with Crippen LogP contribution in [0.15, 0.2) is 18.2 Å². The molecule has 2 heteroatoms. The second-order valence-electron chi connectivity index (χ2n) is 2.44. The van der Waals surface area contributed by atoms with Crippen LogP contribution in [0.3, 0.4) is 0 Å². The predicted molar refractivity (Wildman–Crippen MR) is 46.1 cm³/mol. The summed E-state index contributed by atoms with van der Waals surface area (Å²) in [5.74, 6) is 0.